The number of rotatable bonds is 5. The van der Waals surface area contributed by atoms with Gasteiger partial charge in [0.05, 0.1) is 11.4 Å². The zero-order chi connectivity index (χ0) is 17.6. The molecule has 1 aromatic heterocycles. The van der Waals surface area contributed by atoms with E-state index in [-0.39, 0.29) is 5.91 Å². The molecule has 1 amide bonds. The van der Waals surface area contributed by atoms with Gasteiger partial charge in [0.1, 0.15) is 0 Å². The molecule has 0 aliphatic carbocycles. The van der Waals surface area contributed by atoms with Crippen molar-refractivity contribution in [3.05, 3.63) is 72.1 Å². The number of amides is 1. The molecule has 0 saturated heterocycles. The monoisotopic (exact) mass is 333 g/mol. The minimum Gasteiger partial charge on any atom is -0.321 e. The van der Waals surface area contributed by atoms with Gasteiger partial charge in [-0.2, -0.15) is 15.3 Å². The highest BCUT2D eigenvalue weighted by Gasteiger charge is 2.11. The van der Waals surface area contributed by atoms with Crippen LogP contribution in [-0.2, 0) is 6.54 Å². The minimum absolute atomic E-state index is 0.228. The van der Waals surface area contributed by atoms with Crippen molar-refractivity contribution in [3.63, 3.8) is 0 Å². The van der Waals surface area contributed by atoms with Gasteiger partial charge in [-0.15, -0.1) is 0 Å². The van der Waals surface area contributed by atoms with Gasteiger partial charge in [0.25, 0.3) is 5.91 Å². The number of aromatic nitrogens is 2. The van der Waals surface area contributed by atoms with Crippen LogP contribution in [-0.4, -0.2) is 15.7 Å². The Labute approximate surface area is 146 Å². The van der Waals surface area contributed by atoms with Crippen molar-refractivity contribution in [1.82, 2.24) is 9.78 Å². The normalized spacial score (nSPS) is 11.0. The second-order valence-corrected chi connectivity index (χ2v) is 5.52. The quantitative estimate of drug-likeness (QED) is 0.676. The summed E-state index contributed by atoms with van der Waals surface area (Å²) in [6.45, 7) is 4.66. The van der Waals surface area contributed by atoms with Crippen LogP contribution in [0.1, 0.15) is 23.1 Å². The summed E-state index contributed by atoms with van der Waals surface area (Å²) in [5, 5.41) is 15.5. The molecule has 0 aliphatic heterocycles. The molecule has 6 nitrogen and oxygen atoms in total. The molecule has 0 saturated carbocycles. The maximum absolute atomic E-state index is 12.3. The summed E-state index contributed by atoms with van der Waals surface area (Å²) >= 11 is 0. The smallest absolute Gasteiger partial charge is 0.276 e. The van der Waals surface area contributed by atoms with E-state index >= 15 is 0 Å². The number of nitrogens with one attached hydrogen (secondary N) is 1. The average molecular weight is 333 g/mol. The summed E-state index contributed by atoms with van der Waals surface area (Å²) in [4.78, 5) is 12.3. The van der Waals surface area contributed by atoms with Crippen LogP contribution in [0.25, 0.3) is 0 Å². The summed E-state index contributed by atoms with van der Waals surface area (Å²) in [7, 11) is 0. The van der Waals surface area contributed by atoms with Crippen LogP contribution < -0.4 is 5.32 Å². The third-order valence-electron chi connectivity index (χ3n) is 3.68. The summed E-state index contributed by atoms with van der Waals surface area (Å²) in [6.07, 6.45) is 0. The third-order valence-corrected chi connectivity index (χ3v) is 3.68. The molecule has 0 aliphatic rings. The molecule has 0 radical (unpaired) electrons. The van der Waals surface area contributed by atoms with E-state index in [1.54, 1.807) is 35.0 Å². The molecule has 2 aromatic carbocycles. The van der Waals surface area contributed by atoms with Crippen LogP contribution in [0.5, 0.6) is 0 Å². The first-order chi connectivity index (χ1) is 12.2. The van der Waals surface area contributed by atoms with E-state index in [0.717, 1.165) is 17.9 Å². The first-order valence-electron chi connectivity index (χ1n) is 8.08. The lowest BCUT2D eigenvalue weighted by Crippen LogP contribution is -2.13. The van der Waals surface area contributed by atoms with Gasteiger partial charge in [0.2, 0.25) is 0 Å². The van der Waals surface area contributed by atoms with E-state index in [0.29, 0.717) is 17.1 Å². The lowest BCUT2D eigenvalue weighted by molar-refractivity contribution is 0.102. The van der Waals surface area contributed by atoms with E-state index in [1.165, 1.54) is 0 Å². The molecule has 1 N–H and O–H groups in total. The lowest BCUT2D eigenvalue weighted by Gasteiger charge is -2.03. The highest BCUT2D eigenvalue weighted by molar-refractivity contribution is 6.02. The summed E-state index contributed by atoms with van der Waals surface area (Å²) in [5.41, 5.74) is 3.57. The predicted molar refractivity (Wildman–Crippen MR) is 97.7 cm³/mol. The molecule has 3 rings (SSSR count). The zero-order valence-corrected chi connectivity index (χ0v) is 14.2. The van der Waals surface area contributed by atoms with Crippen molar-refractivity contribution in [1.29, 1.82) is 0 Å². The van der Waals surface area contributed by atoms with Crippen LogP contribution in [0.2, 0.25) is 0 Å². The van der Waals surface area contributed by atoms with Crippen LogP contribution in [0, 0.1) is 6.92 Å². The van der Waals surface area contributed by atoms with Gasteiger partial charge < -0.3 is 5.32 Å². The fourth-order valence-electron chi connectivity index (χ4n) is 2.36. The van der Waals surface area contributed by atoms with Crippen molar-refractivity contribution in [2.75, 3.05) is 5.32 Å². The van der Waals surface area contributed by atoms with Crippen molar-refractivity contribution in [3.8, 4) is 0 Å². The highest BCUT2D eigenvalue weighted by atomic mass is 16.1. The maximum Gasteiger partial charge on any atom is 0.276 e. The molecule has 0 fully saturated rings. The summed E-state index contributed by atoms with van der Waals surface area (Å²) in [6, 6.07) is 18.5. The van der Waals surface area contributed by atoms with Crippen LogP contribution in [0.3, 0.4) is 0 Å². The summed E-state index contributed by atoms with van der Waals surface area (Å²) in [5.74, 6) is -0.228. The topological polar surface area (TPSA) is 71.6 Å². The molecule has 3 aromatic rings. The fourth-order valence-corrected chi connectivity index (χ4v) is 2.36. The van der Waals surface area contributed by atoms with Crippen molar-refractivity contribution >= 4 is 23.0 Å². The molecule has 126 valence electrons. The van der Waals surface area contributed by atoms with Crippen LogP contribution in [0.15, 0.2) is 70.9 Å². The van der Waals surface area contributed by atoms with Gasteiger partial charge in [-0.25, -0.2) is 0 Å². The van der Waals surface area contributed by atoms with E-state index in [2.05, 4.69) is 20.6 Å². The SMILES string of the molecule is CCn1nc(C(=O)Nc2ccc(N=Nc3ccccc3)cc2)cc1C. The van der Waals surface area contributed by atoms with E-state index in [9.17, 15) is 4.79 Å². The fraction of sp³-hybridized carbons (Fsp3) is 0.158. The first kappa shape index (κ1) is 16.6. The number of aryl methyl sites for hydroxylation is 2. The van der Waals surface area contributed by atoms with Crippen LogP contribution in [0.4, 0.5) is 17.1 Å². The molecule has 0 unspecified atom stereocenters. The average Bonchev–Trinajstić information content (AvgIpc) is 3.03. The molecule has 6 heteroatoms. The standard InChI is InChI=1S/C19H19N5O/c1-3-24-14(2)13-18(23-24)19(25)20-15-9-11-17(12-10-15)22-21-16-7-5-4-6-8-16/h4-13H,3H2,1-2H3,(H,20,25). The Morgan fingerprint density at radius 3 is 2.28 bits per heavy atom. The van der Waals surface area contributed by atoms with Crippen molar-refractivity contribution < 1.29 is 4.79 Å². The molecular formula is C19H19N5O. The van der Waals surface area contributed by atoms with Gasteiger partial charge >= 0.3 is 0 Å². The van der Waals surface area contributed by atoms with Crippen LogP contribution >= 0.6 is 0 Å². The molecule has 0 bridgehead atoms. The number of hydrogen-bond donors (Lipinski definition) is 1. The van der Waals surface area contributed by atoms with Gasteiger partial charge in [-0.1, -0.05) is 18.2 Å². The largest absolute Gasteiger partial charge is 0.321 e. The van der Waals surface area contributed by atoms with E-state index in [1.807, 2.05) is 44.2 Å². The van der Waals surface area contributed by atoms with Gasteiger partial charge in [0.15, 0.2) is 5.69 Å². The maximum atomic E-state index is 12.3. The first-order valence-corrected chi connectivity index (χ1v) is 8.08. The number of nitrogens with zero attached hydrogens (tertiary/aromatic N) is 4. The Kier molecular flexibility index (Phi) is 4.99. The van der Waals surface area contributed by atoms with Gasteiger partial charge in [0, 0.05) is 17.9 Å². The molecule has 25 heavy (non-hydrogen) atoms. The number of anilines is 1. The number of benzene rings is 2. The Balaban J connectivity index is 1.66. The number of carbonyl (C=O) groups is 1. The van der Waals surface area contributed by atoms with Gasteiger partial charge in [-0.3, -0.25) is 9.48 Å². The third kappa shape index (κ3) is 4.17. The molecule has 0 atom stereocenters. The second-order valence-electron chi connectivity index (χ2n) is 5.52. The van der Waals surface area contributed by atoms with E-state index in [4.69, 9.17) is 0 Å². The van der Waals surface area contributed by atoms with Gasteiger partial charge in [-0.05, 0) is 56.3 Å². The molecule has 1 heterocycles. The Morgan fingerprint density at radius 1 is 1.04 bits per heavy atom. The number of carbonyl (C=O) groups excluding carboxylic acids is 1. The second kappa shape index (κ2) is 7.53. The molecular weight excluding hydrogens is 314 g/mol. The van der Waals surface area contributed by atoms with Crippen molar-refractivity contribution in [2.24, 2.45) is 10.2 Å². The predicted octanol–water partition coefficient (Wildman–Crippen LogP) is 4.88. The highest BCUT2D eigenvalue weighted by Crippen LogP contribution is 2.20. The Hall–Kier alpha value is -3.28. The van der Waals surface area contributed by atoms with Crippen molar-refractivity contribution in [2.45, 2.75) is 20.4 Å². The zero-order valence-electron chi connectivity index (χ0n) is 14.2. The number of hydrogen-bond acceptors (Lipinski definition) is 4. The van der Waals surface area contributed by atoms with E-state index < -0.39 is 0 Å². The minimum atomic E-state index is -0.228. The Morgan fingerprint density at radius 2 is 1.68 bits per heavy atom. The lowest BCUT2D eigenvalue weighted by atomic mass is 10.2. The number of azo groups is 1. The Bertz CT molecular complexity index is 882. The molecule has 0 spiro atoms. The summed E-state index contributed by atoms with van der Waals surface area (Å²) < 4.78 is 1.79.